The summed E-state index contributed by atoms with van der Waals surface area (Å²) in [6, 6.07) is 4.24. The number of rotatable bonds is 11. The third kappa shape index (κ3) is 6.52. The second kappa shape index (κ2) is 14.9. The molecule has 0 amide bonds. The van der Waals surface area contributed by atoms with Crippen molar-refractivity contribution >= 4 is 35.1 Å². The summed E-state index contributed by atoms with van der Waals surface area (Å²) in [6.45, 7) is 2.04. The number of morpholine rings is 1. The van der Waals surface area contributed by atoms with Gasteiger partial charge >= 0.3 is 5.97 Å². The molecular weight excluding hydrogens is 714 g/mol. The number of hydrogen-bond acceptors (Lipinski definition) is 16. The Hall–Kier alpha value is -3.61. The number of benzene rings is 2. The number of esters is 1. The van der Waals surface area contributed by atoms with Gasteiger partial charge in [-0.15, -0.1) is 0 Å². The molecule has 0 spiro atoms. The van der Waals surface area contributed by atoms with Gasteiger partial charge in [0.2, 0.25) is 11.6 Å². The first-order valence-corrected chi connectivity index (χ1v) is 19.0. The fourth-order valence-electron chi connectivity index (χ4n) is 8.26. The highest BCUT2D eigenvalue weighted by molar-refractivity contribution is 7.98. The molecule has 16 heteroatoms. The van der Waals surface area contributed by atoms with Crippen LogP contribution in [0.25, 0.3) is 0 Å². The average molecular weight is 758 g/mol. The molecule has 53 heavy (non-hydrogen) atoms. The van der Waals surface area contributed by atoms with Gasteiger partial charge in [-0.2, -0.15) is 11.8 Å². The van der Waals surface area contributed by atoms with Crippen molar-refractivity contribution < 1.29 is 67.7 Å². The van der Waals surface area contributed by atoms with Gasteiger partial charge < -0.3 is 48.5 Å². The topological polar surface area (TPSA) is 197 Å². The van der Waals surface area contributed by atoms with Crippen molar-refractivity contribution in [2.75, 3.05) is 46.0 Å². The normalized spacial score (nSPS) is 30.5. The zero-order chi connectivity index (χ0) is 37.8. The molecule has 0 radical (unpaired) electrons. The Morgan fingerprint density at radius 2 is 1.85 bits per heavy atom. The van der Waals surface area contributed by atoms with Crippen LogP contribution in [0.1, 0.15) is 81.7 Å². The third-order valence-electron chi connectivity index (χ3n) is 10.8. The largest absolute Gasteiger partial charge is 0.507 e. The Balaban J connectivity index is 1.25. The van der Waals surface area contributed by atoms with E-state index in [1.807, 2.05) is 13.2 Å². The quantitative estimate of drug-likeness (QED) is 0.146. The first kappa shape index (κ1) is 37.7. The van der Waals surface area contributed by atoms with E-state index in [1.165, 1.54) is 32.4 Å². The molecule has 0 aromatic heterocycles. The molecule has 2 aromatic carbocycles. The number of phenolic OH excluding ortho intramolecular Hbond substituents is 2. The van der Waals surface area contributed by atoms with E-state index in [1.54, 1.807) is 11.8 Å². The molecule has 3 N–H and O–H groups in total. The van der Waals surface area contributed by atoms with Crippen LogP contribution in [0.5, 0.6) is 17.2 Å². The minimum Gasteiger partial charge on any atom is -0.507 e. The maximum absolute atomic E-state index is 14.1. The van der Waals surface area contributed by atoms with Gasteiger partial charge in [-0.05, 0) is 31.4 Å². The second-order valence-corrected chi connectivity index (χ2v) is 14.9. The minimum absolute atomic E-state index is 0.0464. The smallest absolute Gasteiger partial charge is 0.306 e. The van der Waals surface area contributed by atoms with E-state index in [0.29, 0.717) is 19.6 Å². The van der Waals surface area contributed by atoms with Gasteiger partial charge in [-0.1, -0.05) is 12.1 Å². The summed E-state index contributed by atoms with van der Waals surface area (Å²) in [7, 11) is 2.88. The first-order chi connectivity index (χ1) is 25.4. The van der Waals surface area contributed by atoms with E-state index in [0.717, 1.165) is 5.75 Å². The van der Waals surface area contributed by atoms with E-state index in [-0.39, 0.29) is 53.0 Å². The maximum Gasteiger partial charge on any atom is 0.306 e. The molecule has 2 aliphatic carbocycles. The molecule has 15 nitrogen and oxygen atoms in total. The van der Waals surface area contributed by atoms with Crippen LogP contribution in [0.4, 0.5) is 0 Å². The number of Topliss-reactive ketones (excluding diaryl/α,β-unsaturated/α-hetero) is 1. The number of fused-ring (bicyclic) bond motifs is 6. The Bertz CT molecular complexity index is 1820. The SMILES string of the molecule is COc1cccc2c1C(=O)c1c(O)c3c(c(O)c1C2=O)C[C@@](O)(C(=O)COC(=O)CCCSC)C[C@@H]3OC1C[C@@H]2[C@@H](O[C@@H]3[C@@H](OC)OCCN23)C(C)O1. The monoisotopic (exact) mass is 757 g/mol. The lowest BCUT2D eigenvalue weighted by molar-refractivity contribution is -0.256. The maximum atomic E-state index is 14.1. The van der Waals surface area contributed by atoms with Crippen molar-refractivity contribution in [3.63, 3.8) is 0 Å². The van der Waals surface area contributed by atoms with Crippen molar-refractivity contribution in [3.05, 3.63) is 51.6 Å². The van der Waals surface area contributed by atoms with E-state index >= 15 is 0 Å². The second-order valence-electron chi connectivity index (χ2n) is 13.9. The molecule has 3 heterocycles. The van der Waals surface area contributed by atoms with Gasteiger partial charge in [0.25, 0.3) is 0 Å². The average Bonchev–Trinajstić information content (AvgIpc) is 3.53. The molecule has 2 aromatic rings. The van der Waals surface area contributed by atoms with E-state index in [2.05, 4.69) is 4.90 Å². The molecule has 0 bridgehead atoms. The van der Waals surface area contributed by atoms with Gasteiger partial charge in [0.1, 0.15) is 29.0 Å². The highest BCUT2D eigenvalue weighted by atomic mass is 32.2. The van der Waals surface area contributed by atoms with E-state index in [4.69, 9.17) is 33.2 Å². The molecule has 3 fully saturated rings. The molecule has 2 unspecified atom stereocenters. The zero-order valence-corrected chi connectivity index (χ0v) is 30.6. The summed E-state index contributed by atoms with van der Waals surface area (Å²) < 4.78 is 40.9. The molecule has 5 aliphatic rings. The highest BCUT2D eigenvalue weighted by Crippen LogP contribution is 2.53. The van der Waals surface area contributed by atoms with Crippen LogP contribution in [0.3, 0.4) is 0 Å². The Morgan fingerprint density at radius 3 is 2.58 bits per heavy atom. The first-order valence-electron chi connectivity index (χ1n) is 17.6. The van der Waals surface area contributed by atoms with E-state index in [9.17, 15) is 34.5 Å². The van der Waals surface area contributed by atoms with Crippen molar-refractivity contribution in [2.24, 2.45) is 0 Å². The van der Waals surface area contributed by atoms with Crippen LogP contribution in [0.15, 0.2) is 18.2 Å². The van der Waals surface area contributed by atoms with Gasteiger partial charge in [0.15, 0.2) is 31.2 Å². The van der Waals surface area contributed by atoms with Crippen molar-refractivity contribution in [1.29, 1.82) is 0 Å². The highest BCUT2D eigenvalue weighted by Gasteiger charge is 2.55. The summed E-state index contributed by atoms with van der Waals surface area (Å²) >= 11 is 1.57. The zero-order valence-electron chi connectivity index (χ0n) is 29.8. The molecular formula is C37H43NO14S. The minimum atomic E-state index is -2.28. The fourth-order valence-corrected chi connectivity index (χ4v) is 8.69. The molecule has 7 rings (SSSR count). The van der Waals surface area contributed by atoms with Crippen LogP contribution in [0, 0.1) is 0 Å². The van der Waals surface area contributed by atoms with Crippen LogP contribution in [0.2, 0.25) is 0 Å². The number of nitrogens with zero attached hydrogens (tertiary/aromatic N) is 1. The lowest BCUT2D eigenvalue weighted by atomic mass is 9.72. The van der Waals surface area contributed by atoms with Crippen LogP contribution < -0.4 is 4.74 Å². The Labute approximate surface area is 309 Å². The van der Waals surface area contributed by atoms with Gasteiger partial charge in [0, 0.05) is 62.1 Å². The number of aliphatic hydroxyl groups is 1. The molecule has 3 aliphatic heterocycles. The summed E-state index contributed by atoms with van der Waals surface area (Å²) in [5.74, 6) is -3.48. The van der Waals surface area contributed by atoms with Crippen LogP contribution >= 0.6 is 11.8 Å². The third-order valence-corrected chi connectivity index (χ3v) is 11.5. The van der Waals surface area contributed by atoms with Gasteiger partial charge in [-0.3, -0.25) is 24.1 Å². The molecule has 8 atom stereocenters. The number of ketones is 3. The number of thioether (sulfide) groups is 1. The van der Waals surface area contributed by atoms with Crippen LogP contribution in [-0.2, 0) is 44.4 Å². The number of methoxy groups -OCH3 is 2. The standard InChI is InChI=1S/C37H43NO14S/c1-17-34-20(38-10-11-48-36(47-3)35(38)52-34)13-25(50-17)51-22-15-37(45,23(39)16-49-24(40)9-6-12-53-4)14-19-27(22)33(44)29-28(31(19)42)30(41)18-7-5-8-21(46-2)26(18)32(29)43/h5,7-8,17,20,22,25,34-36,42,44-45H,6,9-16H2,1-4H3/t17?,20-,22+,25?,34+,35-,36+,37+/m1/s1. The van der Waals surface area contributed by atoms with Gasteiger partial charge in [-0.25, -0.2) is 0 Å². The molecule has 286 valence electrons. The lowest BCUT2D eigenvalue weighted by Gasteiger charge is -2.43. The number of hydrogen-bond donors (Lipinski definition) is 3. The van der Waals surface area contributed by atoms with Crippen molar-refractivity contribution in [3.8, 4) is 17.2 Å². The number of aromatic hydroxyl groups is 2. The Morgan fingerprint density at radius 1 is 1.08 bits per heavy atom. The van der Waals surface area contributed by atoms with Crippen molar-refractivity contribution in [2.45, 2.75) is 87.8 Å². The predicted octanol–water partition coefficient (Wildman–Crippen LogP) is 2.41. The number of carbonyl (C=O) groups excluding carboxylic acids is 4. The van der Waals surface area contributed by atoms with Gasteiger partial charge in [0.05, 0.1) is 42.6 Å². The molecule has 3 saturated heterocycles. The van der Waals surface area contributed by atoms with Crippen LogP contribution in [-0.4, -0.2) is 132 Å². The van der Waals surface area contributed by atoms with Crippen molar-refractivity contribution in [1.82, 2.24) is 4.90 Å². The summed E-state index contributed by atoms with van der Waals surface area (Å²) in [5.41, 5.74) is -3.55. The summed E-state index contributed by atoms with van der Waals surface area (Å²) in [4.78, 5) is 56.2. The number of carbonyl (C=O) groups is 4. The number of phenols is 2. The molecule has 0 saturated carbocycles. The Kier molecular flexibility index (Phi) is 10.6. The summed E-state index contributed by atoms with van der Waals surface area (Å²) in [6.07, 6.45) is -2.48. The fraction of sp³-hybridized carbons (Fsp3) is 0.568. The number of ether oxygens (including phenoxy) is 7. The lowest BCUT2D eigenvalue weighted by Crippen LogP contribution is -2.55. The summed E-state index contributed by atoms with van der Waals surface area (Å²) in [5, 5.41) is 35.8. The van der Waals surface area contributed by atoms with E-state index < -0.39 is 102 Å². The predicted molar refractivity (Wildman–Crippen MR) is 185 cm³/mol.